The van der Waals surface area contributed by atoms with E-state index in [1.807, 2.05) is 32.2 Å². The number of likely N-dealkylation sites (tertiary alicyclic amines) is 1. The van der Waals surface area contributed by atoms with Gasteiger partial charge in [-0.3, -0.25) is 4.90 Å². The average molecular weight is 414 g/mol. The molecule has 158 valence electrons. The largest absolute Gasteiger partial charge is 0.362 e. The summed E-state index contributed by atoms with van der Waals surface area (Å²) in [7, 11) is 2.20. The Bertz CT molecular complexity index is 1200. The molecule has 2 fully saturated rings. The number of aryl methyl sites for hydroxylation is 1. The number of fused-ring (bicyclic) bond motifs is 2. The predicted octanol–water partition coefficient (Wildman–Crippen LogP) is 3.58. The van der Waals surface area contributed by atoms with Crippen LogP contribution >= 0.6 is 0 Å². The Morgan fingerprint density at radius 1 is 1.19 bits per heavy atom. The van der Waals surface area contributed by atoms with Gasteiger partial charge in [0.1, 0.15) is 5.82 Å². The van der Waals surface area contributed by atoms with Crippen LogP contribution in [0.5, 0.6) is 0 Å². The first-order chi connectivity index (χ1) is 15.0. The van der Waals surface area contributed by atoms with Gasteiger partial charge in [0.05, 0.1) is 29.4 Å². The van der Waals surface area contributed by atoms with Crippen molar-refractivity contribution in [3.05, 3.63) is 52.8 Å². The van der Waals surface area contributed by atoms with Crippen molar-refractivity contribution in [2.24, 2.45) is 0 Å². The molecule has 2 saturated heterocycles. The second-order valence-corrected chi connectivity index (χ2v) is 8.78. The van der Waals surface area contributed by atoms with Gasteiger partial charge in [0.15, 0.2) is 5.82 Å². The Labute approximate surface area is 182 Å². The Kier molecular flexibility index (Phi) is 4.75. The van der Waals surface area contributed by atoms with Crippen LogP contribution in [0.25, 0.3) is 10.8 Å². The zero-order valence-corrected chi connectivity index (χ0v) is 18.4. The number of pyridine rings is 1. The van der Waals surface area contributed by atoms with Gasteiger partial charge in [-0.15, -0.1) is 5.10 Å². The fourth-order valence-corrected chi connectivity index (χ4v) is 5.10. The van der Waals surface area contributed by atoms with Crippen molar-refractivity contribution in [3.8, 4) is 6.07 Å². The number of benzene rings is 1. The molecule has 3 atom stereocenters. The molecule has 3 aromatic rings. The Morgan fingerprint density at radius 3 is 2.77 bits per heavy atom. The molecule has 2 aliphatic heterocycles. The standard InChI is InChI=1S/C24H27N7/c1-14-17(11-25)6-5-7-18(14)15(2)27-24-19-10-23(26-12-20(19)16(3)28-29-24)31-9-8-21-22(31)13-30(21)4/h5-7,10,12,15,21-22H,8-9,13H2,1-4H3,(H,27,29)/t15-,21?,22?/m1/s1. The molecule has 2 aromatic heterocycles. The zero-order chi connectivity index (χ0) is 21.7. The van der Waals surface area contributed by atoms with Gasteiger partial charge in [-0.2, -0.15) is 10.4 Å². The van der Waals surface area contributed by atoms with Crippen molar-refractivity contribution >= 4 is 22.4 Å². The average Bonchev–Trinajstić information content (AvgIpc) is 3.12. The summed E-state index contributed by atoms with van der Waals surface area (Å²) in [5.74, 6) is 1.76. The second-order valence-electron chi connectivity index (χ2n) is 8.78. The van der Waals surface area contributed by atoms with Crippen LogP contribution in [0.2, 0.25) is 0 Å². The van der Waals surface area contributed by atoms with Crippen LogP contribution in [0.1, 0.15) is 41.8 Å². The SMILES string of the molecule is Cc1c(C#N)cccc1[C@@H](C)Nc1nnc(C)c2cnc(N3CCC4C3CN4C)cc12. The van der Waals surface area contributed by atoms with Crippen molar-refractivity contribution in [2.45, 2.75) is 45.3 Å². The van der Waals surface area contributed by atoms with E-state index in [4.69, 9.17) is 4.98 Å². The molecule has 0 spiro atoms. The van der Waals surface area contributed by atoms with E-state index in [0.717, 1.165) is 52.3 Å². The first-order valence-electron chi connectivity index (χ1n) is 10.8. The van der Waals surface area contributed by atoms with Gasteiger partial charge >= 0.3 is 0 Å². The number of hydrogen-bond donors (Lipinski definition) is 1. The molecule has 4 heterocycles. The number of nitrogens with zero attached hydrogens (tertiary/aromatic N) is 6. The number of hydrogen-bond acceptors (Lipinski definition) is 7. The molecule has 1 N–H and O–H groups in total. The topological polar surface area (TPSA) is 81.0 Å². The maximum absolute atomic E-state index is 9.37. The third-order valence-corrected chi connectivity index (χ3v) is 7.00. The highest BCUT2D eigenvalue weighted by Gasteiger charge is 2.45. The number of nitrogens with one attached hydrogen (secondary N) is 1. The van der Waals surface area contributed by atoms with Crippen LogP contribution in [0, 0.1) is 25.2 Å². The molecule has 0 radical (unpaired) electrons. The van der Waals surface area contributed by atoms with E-state index in [-0.39, 0.29) is 6.04 Å². The summed E-state index contributed by atoms with van der Waals surface area (Å²) in [6.45, 7) is 8.18. The smallest absolute Gasteiger partial charge is 0.157 e. The third kappa shape index (κ3) is 3.19. The van der Waals surface area contributed by atoms with Crippen molar-refractivity contribution in [3.63, 3.8) is 0 Å². The minimum atomic E-state index is -0.0124. The Morgan fingerprint density at radius 2 is 2.03 bits per heavy atom. The molecule has 7 heteroatoms. The molecule has 2 unspecified atom stereocenters. The Hall–Kier alpha value is -3.24. The third-order valence-electron chi connectivity index (χ3n) is 7.00. The van der Waals surface area contributed by atoms with Gasteiger partial charge in [-0.1, -0.05) is 12.1 Å². The maximum atomic E-state index is 9.37. The number of likely N-dealkylation sites (N-methyl/N-ethyl adjacent to an activating group) is 1. The lowest BCUT2D eigenvalue weighted by atomic mass is 9.98. The molecule has 1 aromatic carbocycles. The van der Waals surface area contributed by atoms with E-state index in [1.54, 1.807) is 0 Å². The zero-order valence-electron chi connectivity index (χ0n) is 18.4. The highest BCUT2D eigenvalue weighted by molar-refractivity contribution is 5.94. The van der Waals surface area contributed by atoms with Crippen molar-refractivity contribution in [1.82, 2.24) is 20.1 Å². The fourth-order valence-electron chi connectivity index (χ4n) is 5.10. The van der Waals surface area contributed by atoms with E-state index in [1.165, 1.54) is 6.42 Å². The fraction of sp³-hybridized carbons (Fsp3) is 0.417. The molecular weight excluding hydrogens is 386 g/mol. The van der Waals surface area contributed by atoms with Crippen LogP contribution < -0.4 is 10.2 Å². The van der Waals surface area contributed by atoms with Crippen molar-refractivity contribution in [1.29, 1.82) is 5.26 Å². The minimum absolute atomic E-state index is 0.0124. The van der Waals surface area contributed by atoms with Crippen molar-refractivity contribution in [2.75, 3.05) is 30.4 Å². The van der Waals surface area contributed by atoms with Gasteiger partial charge in [-0.25, -0.2) is 4.98 Å². The molecular formula is C24H27N7. The van der Waals surface area contributed by atoms with Crippen molar-refractivity contribution < 1.29 is 0 Å². The first kappa shape index (κ1) is 19.7. The lowest BCUT2D eigenvalue weighted by Crippen LogP contribution is -2.60. The molecule has 0 saturated carbocycles. The number of nitriles is 1. The summed E-state index contributed by atoms with van der Waals surface area (Å²) in [6, 6.07) is 11.5. The number of aromatic nitrogens is 3. The monoisotopic (exact) mass is 413 g/mol. The van der Waals surface area contributed by atoms with E-state index in [0.29, 0.717) is 17.6 Å². The summed E-state index contributed by atoms with van der Waals surface area (Å²) in [5.41, 5.74) is 3.65. The van der Waals surface area contributed by atoms with E-state index < -0.39 is 0 Å². The quantitative estimate of drug-likeness (QED) is 0.700. The molecule has 0 aliphatic carbocycles. The summed E-state index contributed by atoms with van der Waals surface area (Å²) in [6.07, 6.45) is 3.12. The van der Waals surface area contributed by atoms with E-state index in [2.05, 4.69) is 57.5 Å². The molecule has 7 nitrogen and oxygen atoms in total. The summed E-state index contributed by atoms with van der Waals surface area (Å²) < 4.78 is 0. The van der Waals surface area contributed by atoms with Crippen LogP contribution in [-0.4, -0.2) is 52.3 Å². The van der Waals surface area contributed by atoms with Gasteiger partial charge < -0.3 is 10.2 Å². The summed E-state index contributed by atoms with van der Waals surface area (Å²) in [5, 5.41) is 23.8. The van der Waals surface area contributed by atoms with E-state index >= 15 is 0 Å². The molecule has 0 bridgehead atoms. The van der Waals surface area contributed by atoms with Crippen LogP contribution in [0.3, 0.4) is 0 Å². The first-order valence-corrected chi connectivity index (χ1v) is 10.8. The van der Waals surface area contributed by atoms with Gasteiger partial charge in [0, 0.05) is 36.1 Å². The van der Waals surface area contributed by atoms with Crippen LogP contribution in [-0.2, 0) is 0 Å². The Balaban J connectivity index is 1.50. The highest BCUT2D eigenvalue weighted by atomic mass is 15.4. The predicted molar refractivity (Wildman–Crippen MR) is 122 cm³/mol. The lowest BCUT2D eigenvalue weighted by Gasteiger charge is -2.44. The number of rotatable bonds is 4. The number of anilines is 2. The molecule has 2 aliphatic rings. The second kappa shape index (κ2) is 7.47. The maximum Gasteiger partial charge on any atom is 0.157 e. The summed E-state index contributed by atoms with van der Waals surface area (Å²) >= 11 is 0. The molecule has 0 amide bonds. The highest BCUT2D eigenvalue weighted by Crippen LogP contribution is 2.36. The van der Waals surface area contributed by atoms with Gasteiger partial charge in [0.2, 0.25) is 0 Å². The molecule has 5 rings (SSSR count). The lowest BCUT2D eigenvalue weighted by molar-refractivity contribution is 0.116. The van der Waals surface area contributed by atoms with Gasteiger partial charge in [-0.05, 0) is 57.5 Å². The van der Waals surface area contributed by atoms with E-state index in [9.17, 15) is 5.26 Å². The van der Waals surface area contributed by atoms with Crippen LogP contribution in [0.15, 0.2) is 30.5 Å². The molecule has 31 heavy (non-hydrogen) atoms. The van der Waals surface area contributed by atoms with Gasteiger partial charge in [0.25, 0.3) is 0 Å². The summed E-state index contributed by atoms with van der Waals surface area (Å²) in [4.78, 5) is 9.65. The normalized spacial score (nSPS) is 21.5. The van der Waals surface area contributed by atoms with Crippen LogP contribution in [0.4, 0.5) is 11.6 Å². The minimum Gasteiger partial charge on any atom is -0.362 e.